The molecule has 0 amide bonds. The molecule has 0 radical (unpaired) electrons. The van der Waals surface area contributed by atoms with Crippen molar-refractivity contribution in [1.82, 2.24) is 0 Å². The average molecular weight is 241 g/mol. The Hall–Kier alpha value is -0.890. The molecule has 3 heteroatoms. The summed E-state index contributed by atoms with van der Waals surface area (Å²) >= 11 is 6.15. The molecule has 1 saturated carbocycles. The van der Waals surface area contributed by atoms with E-state index in [1.165, 1.54) is 5.56 Å². The van der Waals surface area contributed by atoms with Crippen LogP contribution in [0.4, 0.5) is 0 Å². The molecule has 0 aliphatic heterocycles. The maximum absolute atomic E-state index is 6.15. The third kappa shape index (κ3) is 2.27. The molecule has 2 nitrogen and oxygen atoms in total. The van der Waals surface area contributed by atoms with Gasteiger partial charge in [-0.2, -0.15) is 0 Å². The number of alkyl halides is 1. The summed E-state index contributed by atoms with van der Waals surface area (Å²) in [4.78, 5) is 0. The number of hydrogen-bond donors (Lipinski definition) is 0. The van der Waals surface area contributed by atoms with Gasteiger partial charge in [-0.05, 0) is 36.8 Å². The molecule has 1 aromatic rings. The quantitative estimate of drug-likeness (QED) is 0.752. The largest absolute Gasteiger partial charge is 0.497 e. The fourth-order valence-corrected chi connectivity index (χ4v) is 2.71. The van der Waals surface area contributed by atoms with E-state index in [0.717, 1.165) is 30.8 Å². The van der Waals surface area contributed by atoms with Crippen molar-refractivity contribution in [2.45, 2.75) is 30.6 Å². The van der Waals surface area contributed by atoms with E-state index in [2.05, 4.69) is 6.07 Å². The molecule has 2 rings (SSSR count). The minimum Gasteiger partial charge on any atom is -0.497 e. The van der Waals surface area contributed by atoms with Crippen molar-refractivity contribution in [3.63, 3.8) is 0 Å². The van der Waals surface area contributed by atoms with E-state index >= 15 is 0 Å². The fourth-order valence-electron chi connectivity index (χ4n) is 2.36. The van der Waals surface area contributed by atoms with Crippen LogP contribution in [-0.4, -0.2) is 19.6 Å². The Morgan fingerprint density at radius 3 is 2.56 bits per heavy atom. The van der Waals surface area contributed by atoms with Gasteiger partial charge < -0.3 is 9.47 Å². The van der Waals surface area contributed by atoms with E-state index in [1.807, 2.05) is 12.1 Å². The third-order valence-electron chi connectivity index (χ3n) is 3.25. The number of hydrogen-bond acceptors (Lipinski definition) is 2. The van der Waals surface area contributed by atoms with E-state index < -0.39 is 0 Å². The van der Waals surface area contributed by atoms with Crippen molar-refractivity contribution >= 4 is 11.6 Å². The molecule has 0 bridgehead atoms. The van der Waals surface area contributed by atoms with Crippen LogP contribution in [-0.2, 0) is 0 Å². The summed E-state index contributed by atoms with van der Waals surface area (Å²) in [6.07, 6.45) is 3.29. The average Bonchev–Trinajstić information content (AvgIpc) is 2.74. The summed E-state index contributed by atoms with van der Waals surface area (Å²) in [5, 5.41) is 0.316. The molecule has 1 aliphatic rings. The Kier molecular flexibility index (Phi) is 3.59. The van der Waals surface area contributed by atoms with Crippen LogP contribution >= 0.6 is 11.6 Å². The van der Waals surface area contributed by atoms with E-state index in [9.17, 15) is 0 Å². The molecule has 1 aromatic carbocycles. The second-order valence-corrected chi connectivity index (χ2v) is 4.83. The van der Waals surface area contributed by atoms with Gasteiger partial charge in [0.15, 0.2) is 0 Å². The van der Waals surface area contributed by atoms with Crippen LogP contribution in [0, 0.1) is 0 Å². The minimum absolute atomic E-state index is 0.316. The first-order chi connectivity index (χ1) is 7.74. The monoisotopic (exact) mass is 240 g/mol. The summed E-state index contributed by atoms with van der Waals surface area (Å²) in [5.41, 5.74) is 1.26. The Morgan fingerprint density at radius 1 is 1.19 bits per heavy atom. The van der Waals surface area contributed by atoms with Crippen molar-refractivity contribution in [3.05, 3.63) is 23.8 Å². The Morgan fingerprint density at radius 2 is 2.00 bits per heavy atom. The molecule has 0 saturated heterocycles. The van der Waals surface area contributed by atoms with Gasteiger partial charge >= 0.3 is 0 Å². The predicted octanol–water partition coefficient (Wildman–Crippen LogP) is 3.58. The maximum atomic E-state index is 6.15. The van der Waals surface area contributed by atoms with Gasteiger partial charge in [-0.3, -0.25) is 0 Å². The van der Waals surface area contributed by atoms with Gasteiger partial charge in [-0.25, -0.2) is 0 Å². The van der Waals surface area contributed by atoms with Crippen molar-refractivity contribution in [1.29, 1.82) is 0 Å². The van der Waals surface area contributed by atoms with Crippen LogP contribution < -0.4 is 9.47 Å². The highest BCUT2D eigenvalue weighted by Gasteiger charge is 2.26. The molecule has 0 N–H and O–H groups in total. The van der Waals surface area contributed by atoms with Crippen molar-refractivity contribution in [2.75, 3.05) is 14.2 Å². The molecule has 0 spiro atoms. The SMILES string of the molecule is COc1ccc(C2CCC(Cl)C2)c(OC)c1. The van der Waals surface area contributed by atoms with E-state index in [1.54, 1.807) is 14.2 Å². The normalized spacial score (nSPS) is 24.4. The highest BCUT2D eigenvalue weighted by molar-refractivity contribution is 6.20. The Bertz CT molecular complexity index is 365. The lowest BCUT2D eigenvalue weighted by molar-refractivity contribution is 0.388. The van der Waals surface area contributed by atoms with Crippen LogP contribution in [0.2, 0.25) is 0 Å². The van der Waals surface area contributed by atoms with Crippen LogP contribution in [0.3, 0.4) is 0 Å². The molecule has 2 atom stereocenters. The highest BCUT2D eigenvalue weighted by Crippen LogP contribution is 2.41. The second kappa shape index (κ2) is 4.96. The molecular formula is C13H17ClO2. The maximum Gasteiger partial charge on any atom is 0.126 e. The number of benzene rings is 1. The second-order valence-electron chi connectivity index (χ2n) is 4.22. The van der Waals surface area contributed by atoms with Crippen LogP contribution in [0.5, 0.6) is 11.5 Å². The van der Waals surface area contributed by atoms with Crippen LogP contribution in [0.15, 0.2) is 18.2 Å². The Balaban J connectivity index is 2.26. The van der Waals surface area contributed by atoms with Gasteiger partial charge in [0.1, 0.15) is 11.5 Å². The van der Waals surface area contributed by atoms with Crippen LogP contribution in [0.25, 0.3) is 0 Å². The molecule has 88 valence electrons. The third-order valence-corrected chi connectivity index (χ3v) is 3.65. The lowest BCUT2D eigenvalue weighted by Crippen LogP contribution is -1.99. The van der Waals surface area contributed by atoms with Gasteiger partial charge in [0, 0.05) is 11.4 Å². The fraction of sp³-hybridized carbons (Fsp3) is 0.538. The van der Waals surface area contributed by atoms with Crippen LogP contribution in [0.1, 0.15) is 30.7 Å². The molecule has 1 fully saturated rings. The van der Waals surface area contributed by atoms with Crippen molar-refractivity contribution < 1.29 is 9.47 Å². The lowest BCUT2D eigenvalue weighted by Gasteiger charge is -2.15. The standard InChI is InChI=1S/C13H17ClO2/c1-15-11-5-6-12(13(8-11)16-2)9-3-4-10(14)7-9/h5-6,8-10H,3-4,7H2,1-2H3. The first-order valence-electron chi connectivity index (χ1n) is 5.60. The van der Waals surface area contributed by atoms with Gasteiger partial charge in [-0.1, -0.05) is 6.07 Å². The summed E-state index contributed by atoms with van der Waals surface area (Å²) < 4.78 is 10.6. The van der Waals surface area contributed by atoms with Gasteiger partial charge in [0.2, 0.25) is 0 Å². The zero-order chi connectivity index (χ0) is 11.5. The van der Waals surface area contributed by atoms with E-state index in [-0.39, 0.29) is 0 Å². The first-order valence-corrected chi connectivity index (χ1v) is 6.04. The number of ether oxygens (including phenoxy) is 2. The smallest absolute Gasteiger partial charge is 0.126 e. The zero-order valence-electron chi connectivity index (χ0n) is 9.70. The van der Waals surface area contributed by atoms with Gasteiger partial charge in [-0.15, -0.1) is 11.6 Å². The predicted molar refractivity (Wildman–Crippen MR) is 65.8 cm³/mol. The summed E-state index contributed by atoms with van der Waals surface area (Å²) in [6, 6.07) is 6.02. The minimum atomic E-state index is 0.316. The van der Waals surface area contributed by atoms with E-state index in [0.29, 0.717) is 11.3 Å². The lowest BCUT2D eigenvalue weighted by atomic mass is 9.96. The number of halogens is 1. The topological polar surface area (TPSA) is 18.5 Å². The molecule has 0 aromatic heterocycles. The van der Waals surface area contributed by atoms with Gasteiger partial charge in [0.05, 0.1) is 14.2 Å². The van der Waals surface area contributed by atoms with Crippen molar-refractivity contribution in [2.24, 2.45) is 0 Å². The van der Waals surface area contributed by atoms with E-state index in [4.69, 9.17) is 21.1 Å². The molecular weight excluding hydrogens is 224 g/mol. The molecule has 2 unspecified atom stereocenters. The Labute approximate surface area is 102 Å². The summed E-state index contributed by atoms with van der Waals surface area (Å²) in [6.45, 7) is 0. The summed E-state index contributed by atoms with van der Waals surface area (Å²) in [5.74, 6) is 2.28. The van der Waals surface area contributed by atoms with Crippen molar-refractivity contribution in [3.8, 4) is 11.5 Å². The zero-order valence-corrected chi connectivity index (χ0v) is 10.5. The van der Waals surface area contributed by atoms with Gasteiger partial charge in [0.25, 0.3) is 0 Å². The molecule has 0 heterocycles. The molecule has 16 heavy (non-hydrogen) atoms. The highest BCUT2D eigenvalue weighted by atomic mass is 35.5. The number of rotatable bonds is 3. The first kappa shape index (κ1) is 11.6. The number of methoxy groups -OCH3 is 2. The summed E-state index contributed by atoms with van der Waals surface area (Å²) in [7, 11) is 3.37. The molecule has 1 aliphatic carbocycles.